The Hall–Kier alpha value is -3.61. The zero-order valence-electron chi connectivity index (χ0n) is 16.9. The monoisotopic (exact) mass is 407 g/mol. The van der Waals surface area contributed by atoms with E-state index >= 15 is 0 Å². The van der Waals surface area contributed by atoms with Gasteiger partial charge in [-0.05, 0) is 61.7 Å². The third-order valence-electron chi connectivity index (χ3n) is 5.18. The minimum Gasteiger partial charge on any atom is -0.497 e. The lowest BCUT2D eigenvalue weighted by molar-refractivity contribution is -0.122. The number of carbonyl (C=O) groups is 3. The van der Waals surface area contributed by atoms with Crippen molar-refractivity contribution in [3.63, 3.8) is 0 Å². The van der Waals surface area contributed by atoms with Crippen molar-refractivity contribution in [1.29, 1.82) is 0 Å². The number of hydrogen-bond donors (Lipinski definition) is 3. The molecule has 1 saturated carbocycles. The second-order valence-corrected chi connectivity index (χ2v) is 7.28. The number of hydrogen-bond acceptors (Lipinski definition) is 4. The molecule has 156 valence electrons. The molecule has 30 heavy (non-hydrogen) atoms. The number of ether oxygens (including phenoxy) is 1. The third-order valence-corrected chi connectivity index (χ3v) is 5.18. The van der Waals surface area contributed by atoms with Crippen molar-refractivity contribution in [2.75, 3.05) is 17.7 Å². The summed E-state index contributed by atoms with van der Waals surface area (Å²) in [5, 5.41) is 8.50. The molecule has 2 aromatic rings. The molecule has 0 saturated heterocycles. The summed E-state index contributed by atoms with van der Waals surface area (Å²) in [4.78, 5) is 37.1. The van der Waals surface area contributed by atoms with Gasteiger partial charge >= 0.3 is 0 Å². The van der Waals surface area contributed by atoms with Gasteiger partial charge in [0.1, 0.15) is 5.75 Å². The minimum atomic E-state index is -0.546. The first-order valence-corrected chi connectivity index (χ1v) is 9.73. The molecule has 7 nitrogen and oxygen atoms in total. The number of anilines is 2. The lowest BCUT2D eigenvalue weighted by Gasteiger charge is -2.41. The number of methoxy groups -OCH3 is 1. The maximum atomic E-state index is 12.7. The predicted octanol–water partition coefficient (Wildman–Crippen LogP) is 3.50. The van der Waals surface area contributed by atoms with Crippen LogP contribution < -0.4 is 20.7 Å². The molecule has 0 spiro atoms. The van der Waals surface area contributed by atoms with Crippen molar-refractivity contribution < 1.29 is 19.1 Å². The van der Waals surface area contributed by atoms with Gasteiger partial charge in [0, 0.05) is 11.2 Å². The Morgan fingerprint density at radius 3 is 2.37 bits per heavy atom. The zero-order chi connectivity index (χ0) is 21.6. The van der Waals surface area contributed by atoms with Crippen LogP contribution in [0, 0.1) is 0 Å². The fourth-order valence-electron chi connectivity index (χ4n) is 3.43. The van der Waals surface area contributed by atoms with E-state index in [4.69, 9.17) is 4.74 Å². The van der Waals surface area contributed by atoms with E-state index in [1.54, 1.807) is 55.6 Å². The van der Waals surface area contributed by atoms with Gasteiger partial charge in [0.05, 0.1) is 24.8 Å². The maximum absolute atomic E-state index is 12.7. The van der Waals surface area contributed by atoms with E-state index in [1.807, 2.05) is 0 Å². The van der Waals surface area contributed by atoms with Crippen molar-refractivity contribution >= 4 is 29.1 Å². The molecule has 7 heteroatoms. The first-order chi connectivity index (χ1) is 14.4. The molecule has 1 fully saturated rings. The Morgan fingerprint density at radius 1 is 1.07 bits per heavy atom. The molecule has 0 atom stereocenters. The lowest BCUT2D eigenvalue weighted by Crippen LogP contribution is -2.54. The highest BCUT2D eigenvalue weighted by Crippen LogP contribution is 2.35. The van der Waals surface area contributed by atoms with Crippen molar-refractivity contribution in [3.05, 3.63) is 66.7 Å². The summed E-state index contributed by atoms with van der Waals surface area (Å²) in [5.41, 5.74) is 0.829. The molecule has 3 amide bonds. The second-order valence-electron chi connectivity index (χ2n) is 7.28. The number of rotatable bonds is 8. The normalized spacial score (nSPS) is 14.0. The predicted molar refractivity (Wildman–Crippen MR) is 116 cm³/mol. The molecule has 0 bridgehead atoms. The van der Waals surface area contributed by atoms with Gasteiger partial charge in [-0.2, -0.15) is 0 Å². The van der Waals surface area contributed by atoms with Crippen LogP contribution in [0.25, 0.3) is 0 Å². The maximum Gasteiger partial charge on any atom is 0.257 e. The molecular formula is C23H25N3O4. The summed E-state index contributed by atoms with van der Waals surface area (Å²) in [6.07, 6.45) is 3.77. The van der Waals surface area contributed by atoms with Crippen molar-refractivity contribution in [3.8, 4) is 5.75 Å². The van der Waals surface area contributed by atoms with E-state index in [1.165, 1.54) is 6.08 Å². The highest BCUT2D eigenvalue weighted by Gasteiger charge is 2.39. The van der Waals surface area contributed by atoms with Gasteiger partial charge in [0.25, 0.3) is 5.91 Å². The van der Waals surface area contributed by atoms with Gasteiger partial charge in [0.2, 0.25) is 11.8 Å². The van der Waals surface area contributed by atoms with E-state index < -0.39 is 5.54 Å². The molecule has 2 aromatic carbocycles. The molecule has 1 aliphatic rings. The molecule has 0 aliphatic heterocycles. The SMILES string of the molecule is C=CC(=O)NC1(CC(=O)Nc2ccccc2C(=O)Nc2ccc(OC)cc2)CCC1. The summed E-state index contributed by atoms with van der Waals surface area (Å²) in [6.45, 7) is 3.46. The Morgan fingerprint density at radius 2 is 1.77 bits per heavy atom. The van der Waals surface area contributed by atoms with Gasteiger partial charge in [-0.25, -0.2) is 0 Å². The van der Waals surface area contributed by atoms with Gasteiger partial charge in [-0.3, -0.25) is 14.4 Å². The standard InChI is InChI=1S/C23H25N3O4/c1-3-20(27)26-23(13-6-14-23)15-21(28)25-19-8-5-4-7-18(19)22(29)24-16-9-11-17(30-2)12-10-16/h3-5,7-12H,1,6,13-15H2,2H3,(H,24,29)(H,25,28)(H,26,27). The number of carbonyl (C=O) groups excluding carboxylic acids is 3. The summed E-state index contributed by atoms with van der Waals surface area (Å²) < 4.78 is 5.11. The molecule has 3 rings (SSSR count). The smallest absolute Gasteiger partial charge is 0.257 e. The van der Waals surface area contributed by atoms with Gasteiger partial charge in [0.15, 0.2) is 0 Å². The quantitative estimate of drug-likeness (QED) is 0.584. The summed E-state index contributed by atoms with van der Waals surface area (Å²) in [5.74, 6) is -0.200. The lowest BCUT2D eigenvalue weighted by atomic mass is 9.74. The van der Waals surface area contributed by atoms with Gasteiger partial charge in [-0.1, -0.05) is 18.7 Å². The average Bonchev–Trinajstić information content (AvgIpc) is 2.72. The molecule has 0 aromatic heterocycles. The van der Waals surface area contributed by atoms with Crippen LogP contribution in [0.15, 0.2) is 61.2 Å². The zero-order valence-corrected chi connectivity index (χ0v) is 16.9. The van der Waals surface area contributed by atoms with Gasteiger partial charge in [-0.15, -0.1) is 0 Å². The van der Waals surface area contributed by atoms with Crippen LogP contribution in [0.1, 0.15) is 36.0 Å². The van der Waals surface area contributed by atoms with Crippen LogP contribution in [0.3, 0.4) is 0 Å². The molecule has 1 aliphatic carbocycles. The fraction of sp³-hybridized carbons (Fsp3) is 0.261. The highest BCUT2D eigenvalue weighted by molar-refractivity contribution is 6.10. The Kier molecular flexibility index (Phi) is 6.51. The van der Waals surface area contributed by atoms with Crippen LogP contribution >= 0.6 is 0 Å². The highest BCUT2D eigenvalue weighted by atomic mass is 16.5. The minimum absolute atomic E-state index is 0.140. The first-order valence-electron chi connectivity index (χ1n) is 9.73. The van der Waals surface area contributed by atoms with E-state index in [2.05, 4.69) is 22.5 Å². The van der Waals surface area contributed by atoms with Crippen LogP contribution in [-0.4, -0.2) is 30.4 Å². The van der Waals surface area contributed by atoms with Crippen molar-refractivity contribution in [2.45, 2.75) is 31.2 Å². The van der Waals surface area contributed by atoms with E-state index in [9.17, 15) is 14.4 Å². The molecule has 0 unspecified atom stereocenters. The van der Waals surface area contributed by atoms with Crippen LogP contribution in [0.2, 0.25) is 0 Å². The largest absolute Gasteiger partial charge is 0.497 e. The number of benzene rings is 2. The summed E-state index contributed by atoms with van der Waals surface area (Å²) >= 11 is 0. The second kappa shape index (κ2) is 9.26. The topological polar surface area (TPSA) is 96.5 Å². The Bertz CT molecular complexity index is 949. The van der Waals surface area contributed by atoms with E-state index in [-0.39, 0.29) is 24.1 Å². The third kappa shape index (κ3) is 5.05. The molecule has 3 N–H and O–H groups in total. The van der Waals surface area contributed by atoms with Crippen molar-refractivity contribution in [2.24, 2.45) is 0 Å². The molecular weight excluding hydrogens is 382 g/mol. The number of para-hydroxylation sites is 1. The van der Waals surface area contributed by atoms with Crippen molar-refractivity contribution in [1.82, 2.24) is 5.32 Å². The van der Waals surface area contributed by atoms with Crippen LogP contribution in [0.4, 0.5) is 11.4 Å². The number of amides is 3. The number of nitrogens with one attached hydrogen (secondary N) is 3. The molecule has 0 radical (unpaired) electrons. The van der Waals surface area contributed by atoms with Gasteiger partial charge < -0.3 is 20.7 Å². The summed E-state index contributed by atoms with van der Waals surface area (Å²) in [6, 6.07) is 13.8. The van der Waals surface area contributed by atoms with E-state index in [0.29, 0.717) is 22.7 Å². The Labute approximate surface area is 175 Å². The summed E-state index contributed by atoms with van der Waals surface area (Å²) in [7, 11) is 1.57. The van der Waals surface area contributed by atoms with E-state index in [0.717, 1.165) is 19.3 Å². The fourth-order valence-corrected chi connectivity index (χ4v) is 3.43. The van der Waals surface area contributed by atoms with Crippen LogP contribution in [0.5, 0.6) is 5.75 Å². The molecule has 0 heterocycles. The van der Waals surface area contributed by atoms with Crippen LogP contribution in [-0.2, 0) is 9.59 Å². The average molecular weight is 407 g/mol. The first kappa shape index (κ1) is 21.1. The Balaban J connectivity index is 1.68.